The molecule has 0 spiro atoms. The van der Waals surface area contributed by atoms with E-state index in [1.807, 2.05) is 60.0 Å². The number of ether oxygens (including phenoxy) is 1. The Hall–Kier alpha value is -3.77. The molecular formula is C25H18N2O3S. The van der Waals surface area contributed by atoms with Crippen LogP contribution in [0.15, 0.2) is 84.4 Å². The largest absolute Gasteiger partial charge is 0.454 e. The third kappa shape index (κ3) is 3.98. The van der Waals surface area contributed by atoms with Crippen LogP contribution in [0, 0.1) is 0 Å². The van der Waals surface area contributed by atoms with E-state index >= 15 is 0 Å². The molecule has 6 heteroatoms. The average molecular weight is 426 g/mol. The van der Waals surface area contributed by atoms with E-state index < -0.39 is 0 Å². The smallest absolute Gasteiger partial charge is 0.339 e. The van der Waals surface area contributed by atoms with Crippen molar-refractivity contribution in [1.82, 2.24) is 4.98 Å². The first-order chi connectivity index (χ1) is 15.2. The number of nitrogens with zero attached hydrogens (tertiary/aromatic N) is 1. The summed E-state index contributed by atoms with van der Waals surface area (Å²) >= 11 is 1.57. The lowest BCUT2D eigenvalue weighted by molar-refractivity contribution is 0.0252. The summed E-state index contributed by atoms with van der Waals surface area (Å²) in [5.74, 6) is -0.583. The summed E-state index contributed by atoms with van der Waals surface area (Å²) in [6, 6.07) is 22.3. The van der Waals surface area contributed by atoms with Gasteiger partial charge in [0.05, 0.1) is 5.56 Å². The molecule has 1 aromatic heterocycles. The zero-order chi connectivity index (χ0) is 21.2. The highest BCUT2D eigenvalue weighted by Gasteiger charge is 2.28. The number of fused-ring (bicyclic) bond motifs is 1. The van der Waals surface area contributed by atoms with Gasteiger partial charge >= 0.3 is 5.97 Å². The Morgan fingerprint density at radius 1 is 1.03 bits per heavy atom. The molecule has 0 aliphatic carbocycles. The third-order valence-corrected chi connectivity index (χ3v) is 6.06. The van der Waals surface area contributed by atoms with E-state index in [-0.39, 0.29) is 18.0 Å². The molecule has 0 saturated heterocycles. The van der Waals surface area contributed by atoms with Crippen LogP contribution in [-0.2, 0) is 11.2 Å². The van der Waals surface area contributed by atoms with Crippen molar-refractivity contribution in [2.45, 2.75) is 12.5 Å². The Bertz CT molecular complexity index is 1240. The van der Waals surface area contributed by atoms with Gasteiger partial charge in [-0.25, -0.2) is 9.78 Å². The number of carbonyl (C=O) groups is 2. The second kappa shape index (κ2) is 8.16. The van der Waals surface area contributed by atoms with Gasteiger partial charge in [0.15, 0.2) is 0 Å². The highest BCUT2D eigenvalue weighted by Crippen LogP contribution is 2.31. The van der Waals surface area contributed by atoms with Crippen molar-refractivity contribution in [3.05, 3.63) is 107 Å². The first kappa shape index (κ1) is 19.2. The number of hydrogen-bond donors (Lipinski definition) is 1. The van der Waals surface area contributed by atoms with Crippen LogP contribution >= 0.6 is 11.3 Å². The number of amides is 1. The van der Waals surface area contributed by atoms with Crippen LogP contribution in [0.4, 0.5) is 5.69 Å². The van der Waals surface area contributed by atoms with Gasteiger partial charge in [0, 0.05) is 34.8 Å². The molecule has 1 N–H and O–H groups in total. The fraction of sp³-hybridized carbons (Fsp3) is 0.0800. The van der Waals surface area contributed by atoms with Crippen molar-refractivity contribution in [1.29, 1.82) is 0 Å². The van der Waals surface area contributed by atoms with Crippen molar-refractivity contribution in [2.24, 2.45) is 0 Å². The highest BCUT2D eigenvalue weighted by atomic mass is 32.1. The monoisotopic (exact) mass is 426 g/mol. The molecule has 5 rings (SSSR count). The predicted molar refractivity (Wildman–Crippen MR) is 120 cm³/mol. The summed E-state index contributed by atoms with van der Waals surface area (Å²) in [5.41, 5.74) is 4.48. The molecule has 152 valence electrons. The number of anilines is 1. The lowest BCUT2D eigenvalue weighted by Crippen LogP contribution is -2.23. The molecule has 1 amide bonds. The molecule has 3 aromatic carbocycles. The molecule has 0 radical (unpaired) electrons. The van der Waals surface area contributed by atoms with Gasteiger partial charge in [0.1, 0.15) is 11.1 Å². The lowest BCUT2D eigenvalue weighted by atomic mass is 9.93. The van der Waals surface area contributed by atoms with Crippen LogP contribution < -0.4 is 5.32 Å². The van der Waals surface area contributed by atoms with Crippen LogP contribution in [0.5, 0.6) is 0 Å². The van der Waals surface area contributed by atoms with Gasteiger partial charge in [-0.05, 0) is 53.6 Å². The van der Waals surface area contributed by atoms with E-state index in [1.165, 1.54) is 0 Å². The molecule has 31 heavy (non-hydrogen) atoms. The van der Waals surface area contributed by atoms with E-state index in [9.17, 15) is 9.59 Å². The zero-order valence-corrected chi connectivity index (χ0v) is 17.3. The van der Waals surface area contributed by atoms with E-state index in [1.54, 1.807) is 35.7 Å². The Kier molecular flexibility index (Phi) is 5.06. The number of hydrogen-bond acceptors (Lipinski definition) is 5. The first-order valence-electron chi connectivity index (χ1n) is 9.87. The molecule has 1 aliphatic heterocycles. The Morgan fingerprint density at radius 2 is 1.84 bits per heavy atom. The van der Waals surface area contributed by atoms with Crippen LogP contribution in [0.25, 0.3) is 10.6 Å². The molecule has 1 atom stereocenters. The van der Waals surface area contributed by atoms with E-state index in [0.29, 0.717) is 23.2 Å². The molecule has 0 fully saturated rings. The van der Waals surface area contributed by atoms with Gasteiger partial charge in [-0.1, -0.05) is 30.3 Å². The predicted octanol–water partition coefficient (Wildman–Crippen LogP) is 5.52. The highest BCUT2D eigenvalue weighted by molar-refractivity contribution is 7.13. The van der Waals surface area contributed by atoms with E-state index in [4.69, 9.17) is 4.74 Å². The molecule has 1 unspecified atom stereocenters. The van der Waals surface area contributed by atoms with Crippen molar-refractivity contribution in [3.63, 3.8) is 0 Å². The second-order valence-corrected chi connectivity index (χ2v) is 8.14. The summed E-state index contributed by atoms with van der Waals surface area (Å²) in [6.45, 7) is 0. The molecular weight excluding hydrogens is 408 g/mol. The maximum Gasteiger partial charge on any atom is 0.339 e. The maximum atomic E-state index is 12.8. The first-order valence-corrected chi connectivity index (χ1v) is 10.8. The fourth-order valence-electron chi connectivity index (χ4n) is 3.66. The van der Waals surface area contributed by atoms with Gasteiger partial charge < -0.3 is 10.1 Å². The minimum absolute atomic E-state index is 0.222. The number of benzene rings is 3. The Labute approximate surface area is 183 Å². The number of carbonyl (C=O) groups excluding carboxylic acids is 2. The standard InChI is InChI=1S/C25H18N2O3S/c28-23(27-20-9-6-17(7-10-20)24-26-12-13-31-24)18-8-11-21-19(14-18)15-22(30-25(21)29)16-4-2-1-3-5-16/h1-14,22H,15H2,(H,27,28). The Morgan fingerprint density at radius 3 is 2.58 bits per heavy atom. The summed E-state index contributed by atoms with van der Waals surface area (Å²) in [5, 5.41) is 5.79. The zero-order valence-electron chi connectivity index (χ0n) is 16.4. The third-order valence-electron chi connectivity index (χ3n) is 5.24. The van der Waals surface area contributed by atoms with Crippen LogP contribution in [-0.4, -0.2) is 16.9 Å². The number of thiazole rings is 1. The Balaban J connectivity index is 1.34. The van der Waals surface area contributed by atoms with Gasteiger partial charge in [-0.2, -0.15) is 0 Å². The summed E-state index contributed by atoms with van der Waals surface area (Å²) < 4.78 is 5.59. The normalized spacial score (nSPS) is 15.1. The van der Waals surface area contributed by atoms with Gasteiger partial charge in [-0.3, -0.25) is 4.79 Å². The molecule has 2 heterocycles. The average Bonchev–Trinajstić information content (AvgIpc) is 3.35. The van der Waals surface area contributed by atoms with Crippen molar-refractivity contribution in [2.75, 3.05) is 5.32 Å². The van der Waals surface area contributed by atoms with Gasteiger partial charge in [0.25, 0.3) is 5.91 Å². The topological polar surface area (TPSA) is 68.3 Å². The molecule has 4 aromatic rings. The SMILES string of the molecule is O=C(Nc1ccc(-c2nccs2)cc1)c1ccc2c(c1)CC(c1ccccc1)OC2=O. The molecule has 5 nitrogen and oxygen atoms in total. The van der Waals surface area contributed by atoms with Gasteiger partial charge in [-0.15, -0.1) is 11.3 Å². The minimum Gasteiger partial charge on any atom is -0.454 e. The summed E-state index contributed by atoms with van der Waals surface area (Å²) in [7, 11) is 0. The summed E-state index contributed by atoms with van der Waals surface area (Å²) in [4.78, 5) is 29.5. The molecule has 0 bridgehead atoms. The van der Waals surface area contributed by atoms with Crippen LogP contribution in [0.3, 0.4) is 0 Å². The lowest BCUT2D eigenvalue weighted by Gasteiger charge is -2.25. The van der Waals surface area contributed by atoms with Crippen molar-refractivity contribution < 1.29 is 14.3 Å². The number of cyclic esters (lactones) is 1. The van der Waals surface area contributed by atoms with E-state index in [2.05, 4.69) is 10.3 Å². The van der Waals surface area contributed by atoms with Crippen molar-refractivity contribution >= 4 is 28.9 Å². The minimum atomic E-state index is -0.361. The number of esters is 1. The van der Waals surface area contributed by atoms with Crippen LogP contribution in [0.2, 0.25) is 0 Å². The van der Waals surface area contributed by atoms with Crippen LogP contribution in [0.1, 0.15) is 37.9 Å². The molecule has 1 aliphatic rings. The number of rotatable bonds is 4. The van der Waals surface area contributed by atoms with Gasteiger partial charge in [0.2, 0.25) is 0 Å². The maximum absolute atomic E-state index is 12.8. The number of nitrogens with one attached hydrogen (secondary N) is 1. The quantitative estimate of drug-likeness (QED) is 0.437. The number of aromatic nitrogens is 1. The van der Waals surface area contributed by atoms with E-state index in [0.717, 1.165) is 21.7 Å². The fourth-order valence-corrected chi connectivity index (χ4v) is 4.30. The summed E-state index contributed by atoms with van der Waals surface area (Å²) in [6.07, 6.45) is 1.96. The van der Waals surface area contributed by atoms with Crippen molar-refractivity contribution in [3.8, 4) is 10.6 Å². The molecule has 0 saturated carbocycles. The second-order valence-electron chi connectivity index (χ2n) is 7.25.